The minimum Gasteiger partial charge on any atom is -0.369 e. The van der Waals surface area contributed by atoms with Crippen LogP contribution >= 0.6 is 0 Å². The number of carbonyl (C=O) groups excluding carboxylic acids is 2. The Labute approximate surface area is 132 Å². The molecule has 1 fully saturated rings. The topological polar surface area (TPSA) is 66.6 Å². The van der Waals surface area contributed by atoms with Crippen molar-refractivity contribution in [1.82, 2.24) is 4.90 Å². The predicted octanol–water partition coefficient (Wildman–Crippen LogP) is 1.63. The number of rotatable bonds is 5. The first-order valence-electron chi connectivity index (χ1n) is 7.88. The molecular weight excluding hydrogens is 278 g/mol. The SMILES string of the molecule is CC(C)N(C(=O)CN1CCC(C(N)=O)CC1)c1ccccc1. The van der Waals surface area contributed by atoms with Gasteiger partial charge in [0.25, 0.3) is 0 Å². The van der Waals surface area contributed by atoms with E-state index in [1.807, 2.05) is 49.1 Å². The molecule has 0 unspecified atom stereocenters. The average molecular weight is 303 g/mol. The Morgan fingerprint density at radius 2 is 1.82 bits per heavy atom. The molecule has 2 N–H and O–H groups in total. The van der Waals surface area contributed by atoms with Crippen LogP contribution in [0.15, 0.2) is 30.3 Å². The number of piperidine rings is 1. The lowest BCUT2D eigenvalue weighted by molar-refractivity contribution is -0.123. The summed E-state index contributed by atoms with van der Waals surface area (Å²) < 4.78 is 0. The van der Waals surface area contributed by atoms with Gasteiger partial charge in [-0.1, -0.05) is 18.2 Å². The van der Waals surface area contributed by atoms with Gasteiger partial charge in [0, 0.05) is 17.6 Å². The molecule has 0 saturated carbocycles. The molecule has 5 heteroatoms. The van der Waals surface area contributed by atoms with Gasteiger partial charge in [0.15, 0.2) is 0 Å². The van der Waals surface area contributed by atoms with Gasteiger partial charge in [-0.2, -0.15) is 0 Å². The minimum absolute atomic E-state index is 0.0401. The van der Waals surface area contributed by atoms with Gasteiger partial charge < -0.3 is 10.6 Å². The fourth-order valence-electron chi connectivity index (χ4n) is 2.96. The summed E-state index contributed by atoms with van der Waals surface area (Å²) >= 11 is 0. The van der Waals surface area contributed by atoms with Crippen molar-refractivity contribution < 1.29 is 9.59 Å². The Morgan fingerprint density at radius 3 is 2.32 bits per heavy atom. The molecule has 1 heterocycles. The van der Waals surface area contributed by atoms with Gasteiger partial charge in [-0.15, -0.1) is 0 Å². The van der Waals surface area contributed by atoms with Crippen molar-refractivity contribution in [2.24, 2.45) is 11.7 Å². The number of hydrogen-bond donors (Lipinski definition) is 1. The molecule has 1 aliphatic rings. The van der Waals surface area contributed by atoms with Crippen LogP contribution in [0.4, 0.5) is 5.69 Å². The summed E-state index contributed by atoms with van der Waals surface area (Å²) in [5.41, 5.74) is 6.27. The summed E-state index contributed by atoms with van der Waals surface area (Å²) in [5, 5.41) is 0. The Bertz CT molecular complexity index is 508. The molecule has 0 aromatic heterocycles. The van der Waals surface area contributed by atoms with Crippen LogP contribution in [-0.4, -0.2) is 42.4 Å². The van der Waals surface area contributed by atoms with Gasteiger partial charge in [0.2, 0.25) is 11.8 Å². The van der Waals surface area contributed by atoms with Crippen molar-refractivity contribution in [3.8, 4) is 0 Å². The third-order valence-corrected chi connectivity index (χ3v) is 4.17. The summed E-state index contributed by atoms with van der Waals surface area (Å²) in [6.07, 6.45) is 1.49. The summed E-state index contributed by atoms with van der Waals surface area (Å²) in [6.45, 7) is 5.92. The fourth-order valence-corrected chi connectivity index (χ4v) is 2.96. The van der Waals surface area contributed by atoms with Crippen molar-refractivity contribution in [1.29, 1.82) is 0 Å². The zero-order valence-electron chi connectivity index (χ0n) is 13.4. The molecular formula is C17H25N3O2. The Balaban J connectivity index is 1.97. The van der Waals surface area contributed by atoms with Crippen LogP contribution in [-0.2, 0) is 9.59 Å². The molecule has 5 nitrogen and oxygen atoms in total. The van der Waals surface area contributed by atoms with Crippen molar-refractivity contribution in [2.75, 3.05) is 24.5 Å². The maximum atomic E-state index is 12.7. The minimum atomic E-state index is -0.223. The standard InChI is InChI=1S/C17H25N3O2/c1-13(2)20(15-6-4-3-5-7-15)16(21)12-19-10-8-14(9-11-19)17(18)22/h3-7,13-14H,8-12H2,1-2H3,(H2,18,22). The van der Waals surface area contributed by atoms with Crippen LogP contribution in [0.25, 0.3) is 0 Å². The highest BCUT2D eigenvalue weighted by Gasteiger charge is 2.26. The highest BCUT2D eigenvalue weighted by Crippen LogP contribution is 2.19. The van der Waals surface area contributed by atoms with E-state index < -0.39 is 0 Å². The van der Waals surface area contributed by atoms with E-state index >= 15 is 0 Å². The lowest BCUT2D eigenvalue weighted by Gasteiger charge is -2.33. The van der Waals surface area contributed by atoms with Crippen LogP contribution < -0.4 is 10.6 Å². The van der Waals surface area contributed by atoms with Gasteiger partial charge in [0.05, 0.1) is 6.54 Å². The molecule has 2 rings (SSSR count). The zero-order chi connectivity index (χ0) is 16.1. The fraction of sp³-hybridized carbons (Fsp3) is 0.529. The number of hydrogen-bond acceptors (Lipinski definition) is 3. The number of nitrogens with zero attached hydrogens (tertiary/aromatic N) is 2. The second-order valence-electron chi connectivity index (χ2n) is 6.15. The summed E-state index contributed by atoms with van der Waals surface area (Å²) in [7, 11) is 0. The molecule has 22 heavy (non-hydrogen) atoms. The number of amides is 2. The van der Waals surface area contributed by atoms with E-state index in [0.717, 1.165) is 31.6 Å². The third kappa shape index (κ3) is 4.07. The maximum absolute atomic E-state index is 12.7. The molecule has 120 valence electrons. The van der Waals surface area contributed by atoms with E-state index in [1.165, 1.54) is 0 Å². The van der Waals surface area contributed by atoms with E-state index in [-0.39, 0.29) is 23.8 Å². The highest BCUT2D eigenvalue weighted by atomic mass is 16.2. The number of nitrogens with two attached hydrogens (primary N) is 1. The van der Waals surface area contributed by atoms with Gasteiger partial charge in [-0.25, -0.2) is 0 Å². The number of anilines is 1. The molecule has 1 saturated heterocycles. The molecule has 0 atom stereocenters. The van der Waals surface area contributed by atoms with E-state index in [2.05, 4.69) is 4.90 Å². The summed E-state index contributed by atoms with van der Waals surface area (Å²) in [5.74, 6) is -0.167. The first-order valence-corrected chi connectivity index (χ1v) is 7.88. The smallest absolute Gasteiger partial charge is 0.241 e. The lowest BCUT2D eigenvalue weighted by atomic mass is 9.96. The summed E-state index contributed by atoms with van der Waals surface area (Å²) in [4.78, 5) is 27.8. The van der Waals surface area contributed by atoms with E-state index in [9.17, 15) is 9.59 Å². The van der Waals surface area contributed by atoms with Crippen LogP contribution in [0.2, 0.25) is 0 Å². The van der Waals surface area contributed by atoms with Crippen molar-refractivity contribution in [3.63, 3.8) is 0 Å². The van der Waals surface area contributed by atoms with Crippen LogP contribution in [0.1, 0.15) is 26.7 Å². The molecule has 0 aliphatic carbocycles. The Morgan fingerprint density at radius 1 is 1.23 bits per heavy atom. The summed E-state index contributed by atoms with van der Waals surface area (Å²) in [6, 6.07) is 9.85. The molecule has 0 bridgehead atoms. The van der Waals surface area contributed by atoms with Crippen molar-refractivity contribution in [2.45, 2.75) is 32.7 Å². The second kappa shape index (κ2) is 7.40. The molecule has 0 radical (unpaired) electrons. The monoisotopic (exact) mass is 303 g/mol. The van der Waals surface area contributed by atoms with Crippen molar-refractivity contribution in [3.05, 3.63) is 30.3 Å². The van der Waals surface area contributed by atoms with E-state index in [0.29, 0.717) is 6.54 Å². The normalized spacial score (nSPS) is 16.7. The van der Waals surface area contributed by atoms with Crippen LogP contribution in [0.3, 0.4) is 0 Å². The van der Waals surface area contributed by atoms with Crippen molar-refractivity contribution >= 4 is 17.5 Å². The first kappa shape index (κ1) is 16.5. The van der Waals surface area contributed by atoms with Gasteiger partial charge in [-0.3, -0.25) is 14.5 Å². The number of benzene rings is 1. The zero-order valence-corrected chi connectivity index (χ0v) is 13.4. The first-order chi connectivity index (χ1) is 10.5. The third-order valence-electron chi connectivity index (χ3n) is 4.17. The van der Waals surface area contributed by atoms with E-state index in [1.54, 1.807) is 0 Å². The average Bonchev–Trinajstić information content (AvgIpc) is 2.48. The quantitative estimate of drug-likeness (QED) is 0.899. The number of carbonyl (C=O) groups is 2. The van der Waals surface area contributed by atoms with Gasteiger partial charge >= 0.3 is 0 Å². The Hall–Kier alpha value is -1.88. The van der Waals surface area contributed by atoms with Gasteiger partial charge in [-0.05, 0) is 51.9 Å². The number of primary amides is 1. The number of para-hydroxylation sites is 1. The van der Waals surface area contributed by atoms with Gasteiger partial charge in [0.1, 0.15) is 0 Å². The molecule has 0 spiro atoms. The number of likely N-dealkylation sites (tertiary alicyclic amines) is 1. The van der Waals surface area contributed by atoms with Crippen LogP contribution in [0.5, 0.6) is 0 Å². The predicted molar refractivity (Wildman–Crippen MR) is 87.4 cm³/mol. The highest BCUT2D eigenvalue weighted by molar-refractivity contribution is 5.95. The molecule has 2 amide bonds. The molecule has 1 aromatic carbocycles. The van der Waals surface area contributed by atoms with Crippen LogP contribution in [0, 0.1) is 5.92 Å². The van der Waals surface area contributed by atoms with E-state index in [4.69, 9.17) is 5.73 Å². The largest absolute Gasteiger partial charge is 0.369 e. The lowest BCUT2D eigenvalue weighted by Crippen LogP contribution is -2.47. The molecule has 1 aliphatic heterocycles. The second-order valence-corrected chi connectivity index (χ2v) is 6.15. The molecule has 1 aromatic rings. The maximum Gasteiger partial charge on any atom is 0.241 e. The Kier molecular flexibility index (Phi) is 5.55.